The molecule has 0 aliphatic carbocycles. The zero-order chi connectivity index (χ0) is 10.9. The van der Waals surface area contributed by atoms with Crippen molar-refractivity contribution in [3.8, 4) is 0 Å². The standard InChI is InChI=1S/C12H19N3/c1-12(2,3)14-10-5-6-11(13-9-10)15-7-4-8-15/h5-6,9,14H,4,7-8H2,1-3H3. The maximum atomic E-state index is 4.45. The minimum Gasteiger partial charge on any atom is -0.379 e. The fourth-order valence-electron chi connectivity index (χ4n) is 1.63. The van der Waals surface area contributed by atoms with Gasteiger partial charge in [-0.1, -0.05) is 0 Å². The van der Waals surface area contributed by atoms with Crippen molar-refractivity contribution in [1.82, 2.24) is 4.98 Å². The van der Waals surface area contributed by atoms with Crippen molar-refractivity contribution in [2.45, 2.75) is 32.7 Å². The van der Waals surface area contributed by atoms with Gasteiger partial charge in [-0.2, -0.15) is 0 Å². The smallest absolute Gasteiger partial charge is 0.128 e. The topological polar surface area (TPSA) is 28.2 Å². The van der Waals surface area contributed by atoms with Gasteiger partial charge < -0.3 is 10.2 Å². The SMILES string of the molecule is CC(C)(C)Nc1ccc(N2CCC2)nc1. The Morgan fingerprint density at radius 2 is 2.00 bits per heavy atom. The van der Waals surface area contributed by atoms with Gasteiger partial charge in [0.25, 0.3) is 0 Å². The minimum absolute atomic E-state index is 0.0972. The van der Waals surface area contributed by atoms with Gasteiger partial charge in [0.1, 0.15) is 5.82 Å². The number of rotatable bonds is 2. The summed E-state index contributed by atoms with van der Waals surface area (Å²) in [6.45, 7) is 8.75. The van der Waals surface area contributed by atoms with E-state index in [0.29, 0.717) is 0 Å². The van der Waals surface area contributed by atoms with Gasteiger partial charge in [-0.25, -0.2) is 4.98 Å². The highest BCUT2D eigenvalue weighted by molar-refractivity contribution is 5.50. The second-order valence-electron chi connectivity index (χ2n) is 5.12. The van der Waals surface area contributed by atoms with E-state index in [9.17, 15) is 0 Å². The second-order valence-corrected chi connectivity index (χ2v) is 5.12. The lowest BCUT2D eigenvalue weighted by Crippen LogP contribution is -2.37. The summed E-state index contributed by atoms with van der Waals surface area (Å²) in [5, 5.41) is 3.40. The molecule has 0 unspecified atom stereocenters. The van der Waals surface area contributed by atoms with Gasteiger partial charge in [-0.15, -0.1) is 0 Å². The van der Waals surface area contributed by atoms with Crippen LogP contribution in [0, 0.1) is 0 Å². The molecular weight excluding hydrogens is 186 g/mol. The number of anilines is 2. The molecule has 1 aliphatic heterocycles. The molecule has 2 rings (SSSR count). The summed E-state index contributed by atoms with van der Waals surface area (Å²) in [5.41, 5.74) is 1.19. The van der Waals surface area contributed by atoms with E-state index in [2.05, 4.69) is 48.1 Å². The number of pyridine rings is 1. The van der Waals surface area contributed by atoms with Crippen LogP contribution in [0.2, 0.25) is 0 Å². The number of nitrogens with zero attached hydrogens (tertiary/aromatic N) is 2. The first-order valence-electron chi connectivity index (χ1n) is 5.54. The molecule has 2 heterocycles. The Labute approximate surface area is 91.5 Å². The van der Waals surface area contributed by atoms with E-state index < -0.39 is 0 Å². The Kier molecular flexibility index (Phi) is 2.55. The summed E-state index contributed by atoms with van der Waals surface area (Å²) in [6, 6.07) is 4.19. The van der Waals surface area contributed by atoms with Crippen LogP contribution >= 0.6 is 0 Å². The van der Waals surface area contributed by atoms with E-state index >= 15 is 0 Å². The van der Waals surface area contributed by atoms with Crippen molar-refractivity contribution >= 4 is 11.5 Å². The molecule has 0 amide bonds. The number of hydrogen-bond acceptors (Lipinski definition) is 3. The van der Waals surface area contributed by atoms with E-state index in [1.807, 2.05) is 6.20 Å². The first kappa shape index (κ1) is 10.3. The zero-order valence-corrected chi connectivity index (χ0v) is 9.75. The summed E-state index contributed by atoms with van der Waals surface area (Å²) in [4.78, 5) is 6.74. The molecule has 15 heavy (non-hydrogen) atoms. The maximum Gasteiger partial charge on any atom is 0.128 e. The summed E-state index contributed by atoms with van der Waals surface area (Å²) in [7, 11) is 0. The van der Waals surface area contributed by atoms with Crippen molar-refractivity contribution in [2.75, 3.05) is 23.3 Å². The molecule has 3 nitrogen and oxygen atoms in total. The summed E-state index contributed by atoms with van der Waals surface area (Å²) >= 11 is 0. The number of hydrogen-bond donors (Lipinski definition) is 1. The van der Waals surface area contributed by atoms with Gasteiger partial charge in [0, 0.05) is 18.6 Å². The maximum absolute atomic E-state index is 4.45. The van der Waals surface area contributed by atoms with Crippen LogP contribution in [0.1, 0.15) is 27.2 Å². The summed E-state index contributed by atoms with van der Waals surface area (Å²) in [6.07, 6.45) is 3.21. The Hall–Kier alpha value is -1.25. The molecule has 1 aromatic rings. The van der Waals surface area contributed by atoms with Gasteiger partial charge in [0.15, 0.2) is 0 Å². The van der Waals surface area contributed by atoms with Crippen LogP contribution in [0.25, 0.3) is 0 Å². The fourth-order valence-corrected chi connectivity index (χ4v) is 1.63. The highest BCUT2D eigenvalue weighted by Crippen LogP contribution is 2.20. The molecule has 0 atom stereocenters. The lowest BCUT2D eigenvalue weighted by molar-refractivity contribution is 0.609. The quantitative estimate of drug-likeness (QED) is 0.804. The molecule has 1 saturated heterocycles. The van der Waals surface area contributed by atoms with Crippen molar-refractivity contribution in [1.29, 1.82) is 0 Å². The average Bonchev–Trinajstić information content (AvgIpc) is 2.02. The highest BCUT2D eigenvalue weighted by Gasteiger charge is 2.15. The second kappa shape index (κ2) is 3.72. The molecule has 0 spiro atoms. The third-order valence-corrected chi connectivity index (χ3v) is 2.45. The molecule has 0 saturated carbocycles. The van der Waals surface area contributed by atoms with Gasteiger partial charge in [0.05, 0.1) is 11.9 Å². The van der Waals surface area contributed by atoms with Crippen LogP contribution in [-0.4, -0.2) is 23.6 Å². The molecule has 0 radical (unpaired) electrons. The van der Waals surface area contributed by atoms with Crippen molar-refractivity contribution in [3.63, 3.8) is 0 Å². The van der Waals surface area contributed by atoms with Crippen molar-refractivity contribution in [2.24, 2.45) is 0 Å². The predicted octanol–water partition coefficient (Wildman–Crippen LogP) is 2.50. The lowest BCUT2D eigenvalue weighted by atomic mass is 10.1. The van der Waals surface area contributed by atoms with Gasteiger partial charge in [-0.3, -0.25) is 0 Å². The molecular formula is C12H19N3. The monoisotopic (exact) mass is 205 g/mol. The largest absolute Gasteiger partial charge is 0.379 e. The van der Waals surface area contributed by atoms with E-state index in [4.69, 9.17) is 0 Å². The Bertz CT molecular complexity index is 320. The van der Waals surface area contributed by atoms with Crippen molar-refractivity contribution < 1.29 is 0 Å². The van der Waals surface area contributed by atoms with Crippen LogP contribution in [0.4, 0.5) is 11.5 Å². The molecule has 82 valence electrons. The molecule has 1 N–H and O–H groups in total. The number of nitrogens with one attached hydrogen (secondary N) is 1. The van der Waals surface area contributed by atoms with E-state index in [1.165, 1.54) is 6.42 Å². The summed E-state index contributed by atoms with van der Waals surface area (Å²) < 4.78 is 0. The molecule has 1 aliphatic rings. The molecule has 1 aromatic heterocycles. The molecule has 0 bridgehead atoms. The van der Waals surface area contributed by atoms with Crippen molar-refractivity contribution in [3.05, 3.63) is 18.3 Å². The number of aromatic nitrogens is 1. The van der Waals surface area contributed by atoms with Crippen LogP contribution in [-0.2, 0) is 0 Å². The van der Waals surface area contributed by atoms with E-state index in [1.54, 1.807) is 0 Å². The highest BCUT2D eigenvalue weighted by atomic mass is 15.2. The third kappa shape index (κ3) is 2.61. The Morgan fingerprint density at radius 3 is 2.40 bits per heavy atom. The van der Waals surface area contributed by atoms with E-state index in [-0.39, 0.29) is 5.54 Å². The van der Waals surface area contributed by atoms with Crippen LogP contribution in [0.15, 0.2) is 18.3 Å². The predicted molar refractivity (Wildman–Crippen MR) is 64.4 cm³/mol. The zero-order valence-electron chi connectivity index (χ0n) is 9.75. The normalized spacial score (nSPS) is 16.1. The van der Waals surface area contributed by atoms with Crippen LogP contribution < -0.4 is 10.2 Å². The first-order chi connectivity index (χ1) is 7.04. The third-order valence-electron chi connectivity index (χ3n) is 2.45. The molecule has 1 fully saturated rings. The van der Waals surface area contributed by atoms with Crippen LogP contribution in [0.3, 0.4) is 0 Å². The molecule has 3 heteroatoms. The molecule has 0 aromatic carbocycles. The average molecular weight is 205 g/mol. The fraction of sp³-hybridized carbons (Fsp3) is 0.583. The van der Waals surface area contributed by atoms with Gasteiger partial charge in [-0.05, 0) is 39.3 Å². The van der Waals surface area contributed by atoms with Crippen LogP contribution in [0.5, 0.6) is 0 Å². The summed E-state index contributed by atoms with van der Waals surface area (Å²) in [5.74, 6) is 1.10. The Morgan fingerprint density at radius 1 is 1.27 bits per heavy atom. The first-order valence-corrected chi connectivity index (χ1v) is 5.54. The van der Waals surface area contributed by atoms with Gasteiger partial charge >= 0.3 is 0 Å². The Balaban J connectivity index is 2.03. The van der Waals surface area contributed by atoms with Gasteiger partial charge in [0.2, 0.25) is 0 Å². The lowest BCUT2D eigenvalue weighted by Gasteiger charge is -2.32. The minimum atomic E-state index is 0.0972. The van der Waals surface area contributed by atoms with E-state index in [0.717, 1.165) is 24.6 Å².